The van der Waals surface area contributed by atoms with E-state index >= 15 is 0 Å². The molecule has 1 aromatic heterocycles. The summed E-state index contributed by atoms with van der Waals surface area (Å²) in [5.74, 6) is 0. The van der Waals surface area contributed by atoms with Crippen LogP contribution in [-0.2, 0) is 0 Å². The third-order valence-corrected chi connectivity index (χ3v) is 9.21. The van der Waals surface area contributed by atoms with Crippen molar-refractivity contribution in [2.75, 3.05) is 0 Å². The van der Waals surface area contributed by atoms with Gasteiger partial charge in [-0.3, -0.25) is 0 Å². The highest BCUT2D eigenvalue weighted by molar-refractivity contribution is 6.21. The first-order valence-electron chi connectivity index (χ1n) is 22.3. The fourth-order valence-electron chi connectivity index (χ4n) is 7.07. The summed E-state index contributed by atoms with van der Waals surface area (Å²) in [6.07, 6.45) is 0. The summed E-state index contributed by atoms with van der Waals surface area (Å²) in [5.41, 5.74) is 4.74. The van der Waals surface area contributed by atoms with Gasteiger partial charge in [0.15, 0.2) is 0 Å². The summed E-state index contributed by atoms with van der Waals surface area (Å²) in [5, 5.41) is 3.26. The van der Waals surface area contributed by atoms with Crippen LogP contribution >= 0.6 is 0 Å². The summed E-state index contributed by atoms with van der Waals surface area (Å²) >= 11 is 0. The normalized spacial score (nSPS) is 15.4. The zero-order valence-electron chi connectivity index (χ0n) is 38.7. The van der Waals surface area contributed by atoms with Crippen LogP contribution < -0.4 is 0 Å². The Bertz CT molecular complexity index is 3500. The fraction of sp³-hybridized carbons (Fsp3) is 0. The fourth-order valence-corrected chi connectivity index (χ4v) is 7.07. The van der Waals surface area contributed by atoms with Crippen molar-refractivity contribution < 1.29 is 22.2 Å². The van der Waals surface area contributed by atoms with Crippen molar-refractivity contribution in [3.05, 3.63) is 182 Å². The Hall–Kier alpha value is -6.44. The molecule has 0 N–H and O–H groups in total. The van der Waals surface area contributed by atoms with Crippen LogP contribution in [0.4, 0.5) is 0 Å². The first-order valence-corrected chi connectivity index (χ1v) is 15.8. The standard InChI is InChI=1S/C48H30O/c1-2-13-33(14-3-1)46-39-17-6-8-19-41(39)47(42-20-9-7-18-40(42)46)34-26-24-32(25-27-34)38-22-11-23-45-48(38)43-30-35(28-29-44(43)49-45)37-21-10-15-31-12-4-5-16-36(31)37/h1-30H/i1D,2D,3D,6D,7D,8D,9D,13D,14D,17D,18D,19D,20D. The van der Waals surface area contributed by atoms with Gasteiger partial charge in [-0.25, -0.2) is 0 Å². The molecule has 10 rings (SSSR count). The predicted octanol–water partition coefficient (Wildman–Crippen LogP) is 13.7. The largest absolute Gasteiger partial charge is 0.456 e. The topological polar surface area (TPSA) is 13.1 Å². The van der Waals surface area contributed by atoms with E-state index < -0.39 is 84.1 Å². The van der Waals surface area contributed by atoms with E-state index in [4.69, 9.17) is 16.8 Å². The maximum absolute atomic E-state index is 9.26. The second-order valence-electron chi connectivity index (χ2n) is 11.8. The van der Waals surface area contributed by atoms with Crippen LogP contribution in [0.15, 0.2) is 186 Å². The molecule has 0 atom stereocenters. The third kappa shape index (κ3) is 4.40. The van der Waals surface area contributed by atoms with Crippen LogP contribution in [-0.4, -0.2) is 0 Å². The molecule has 0 saturated carbocycles. The molecule has 0 fully saturated rings. The summed E-state index contributed by atoms with van der Waals surface area (Å²) < 4.78 is 121. The molecule has 0 aliphatic carbocycles. The second-order valence-corrected chi connectivity index (χ2v) is 11.8. The van der Waals surface area contributed by atoms with Gasteiger partial charge in [-0.05, 0) is 95.0 Å². The van der Waals surface area contributed by atoms with E-state index in [-0.39, 0.29) is 32.7 Å². The lowest BCUT2D eigenvalue weighted by molar-refractivity contribution is 0.669. The molecule has 0 spiro atoms. The highest BCUT2D eigenvalue weighted by atomic mass is 16.3. The Balaban J connectivity index is 1.26. The molecule has 228 valence electrons. The molecule has 10 aromatic rings. The third-order valence-electron chi connectivity index (χ3n) is 9.21. The molecule has 0 aliphatic heterocycles. The monoisotopic (exact) mass is 635 g/mol. The zero-order valence-corrected chi connectivity index (χ0v) is 25.7. The molecule has 0 radical (unpaired) electrons. The molecule has 0 bridgehead atoms. The van der Waals surface area contributed by atoms with Crippen LogP contribution in [0.3, 0.4) is 0 Å². The SMILES string of the molecule is [2H]c1c([2H])c([2H])c(-c2c3c([2H])c([2H])c([2H])c([2H])c3c(-c3ccc(-c4cccc5oc6ccc(-c7cccc8ccccc78)cc6c45)cc3)c3c([2H])c([2H])c([2H])c([2H])c23)c([2H])c1[2H]. The second kappa shape index (κ2) is 11.1. The highest BCUT2D eigenvalue weighted by Gasteiger charge is 2.18. The van der Waals surface area contributed by atoms with Gasteiger partial charge >= 0.3 is 0 Å². The van der Waals surface area contributed by atoms with E-state index in [0.717, 1.165) is 43.8 Å². The molecule has 49 heavy (non-hydrogen) atoms. The maximum Gasteiger partial charge on any atom is 0.136 e. The van der Waals surface area contributed by atoms with E-state index in [1.807, 2.05) is 60.7 Å². The van der Waals surface area contributed by atoms with Crippen LogP contribution in [0.25, 0.3) is 98.8 Å². The number of furan rings is 1. The minimum Gasteiger partial charge on any atom is -0.456 e. The highest BCUT2D eigenvalue weighted by Crippen LogP contribution is 2.45. The van der Waals surface area contributed by atoms with E-state index in [9.17, 15) is 5.48 Å². The molecule has 1 nitrogen and oxygen atoms in total. The number of hydrogen-bond acceptors (Lipinski definition) is 1. The quantitative estimate of drug-likeness (QED) is 0.175. The number of hydrogen-bond donors (Lipinski definition) is 0. The van der Waals surface area contributed by atoms with Gasteiger partial charge in [0, 0.05) is 10.8 Å². The number of rotatable bonds is 4. The van der Waals surface area contributed by atoms with Crippen LogP contribution in [0.1, 0.15) is 17.8 Å². The lowest BCUT2D eigenvalue weighted by atomic mass is 9.85. The minimum absolute atomic E-state index is 0.0726. The van der Waals surface area contributed by atoms with Gasteiger partial charge in [-0.1, -0.05) is 163 Å². The van der Waals surface area contributed by atoms with Crippen molar-refractivity contribution in [3.63, 3.8) is 0 Å². The summed E-state index contributed by atoms with van der Waals surface area (Å²) in [6, 6.07) is 25.1. The summed E-state index contributed by atoms with van der Waals surface area (Å²) in [4.78, 5) is 0. The molecular formula is C48H30O. The van der Waals surface area contributed by atoms with Gasteiger partial charge < -0.3 is 4.42 Å². The Morgan fingerprint density at radius 1 is 0.367 bits per heavy atom. The average Bonchev–Trinajstić information content (AvgIpc) is 3.67. The van der Waals surface area contributed by atoms with E-state index in [0.29, 0.717) is 16.7 Å². The lowest BCUT2D eigenvalue weighted by Crippen LogP contribution is -1.90. The van der Waals surface area contributed by atoms with E-state index in [1.165, 1.54) is 0 Å². The Morgan fingerprint density at radius 2 is 0.939 bits per heavy atom. The minimum atomic E-state index is -0.714. The van der Waals surface area contributed by atoms with Gasteiger partial charge in [0.05, 0.1) is 17.8 Å². The Morgan fingerprint density at radius 3 is 1.67 bits per heavy atom. The average molecular weight is 636 g/mol. The van der Waals surface area contributed by atoms with Crippen molar-refractivity contribution >= 4 is 54.3 Å². The Kier molecular flexibility index (Phi) is 3.99. The van der Waals surface area contributed by atoms with Crippen molar-refractivity contribution in [1.29, 1.82) is 0 Å². The predicted molar refractivity (Wildman–Crippen MR) is 208 cm³/mol. The van der Waals surface area contributed by atoms with Crippen LogP contribution in [0.5, 0.6) is 0 Å². The van der Waals surface area contributed by atoms with Crippen molar-refractivity contribution in [2.45, 2.75) is 0 Å². The molecule has 1 heterocycles. The smallest absolute Gasteiger partial charge is 0.136 e. The molecule has 0 unspecified atom stereocenters. The lowest BCUT2D eigenvalue weighted by Gasteiger charge is -2.18. The molecule has 0 saturated heterocycles. The van der Waals surface area contributed by atoms with Gasteiger partial charge in [0.1, 0.15) is 11.2 Å². The molecular weight excluding hydrogens is 593 g/mol. The Labute approximate surface area is 302 Å². The van der Waals surface area contributed by atoms with Gasteiger partial charge in [0.2, 0.25) is 0 Å². The molecule has 0 amide bonds. The maximum atomic E-state index is 9.26. The van der Waals surface area contributed by atoms with E-state index in [2.05, 4.69) is 30.3 Å². The van der Waals surface area contributed by atoms with Crippen LogP contribution in [0.2, 0.25) is 0 Å². The summed E-state index contributed by atoms with van der Waals surface area (Å²) in [7, 11) is 0. The van der Waals surface area contributed by atoms with Crippen molar-refractivity contribution in [2.24, 2.45) is 0 Å². The first-order chi connectivity index (χ1) is 29.7. The number of benzene rings is 9. The molecule has 0 aliphatic rings. The van der Waals surface area contributed by atoms with E-state index in [1.54, 1.807) is 12.1 Å². The first kappa shape index (κ1) is 17.6. The van der Waals surface area contributed by atoms with Crippen molar-refractivity contribution in [3.8, 4) is 44.5 Å². The zero-order chi connectivity index (χ0) is 43.6. The van der Waals surface area contributed by atoms with Gasteiger partial charge in [-0.2, -0.15) is 0 Å². The number of fused-ring (bicyclic) bond motifs is 6. The molecule has 9 aromatic carbocycles. The van der Waals surface area contributed by atoms with Gasteiger partial charge in [0.25, 0.3) is 0 Å². The van der Waals surface area contributed by atoms with Crippen LogP contribution in [0, 0.1) is 0 Å². The molecule has 1 heteroatoms. The summed E-state index contributed by atoms with van der Waals surface area (Å²) in [6.45, 7) is 0. The van der Waals surface area contributed by atoms with Gasteiger partial charge in [-0.15, -0.1) is 0 Å². The van der Waals surface area contributed by atoms with Crippen molar-refractivity contribution in [1.82, 2.24) is 0 Å².